The minimum atomic E-state index is -1.88. The molecule has 3 heteroatoms. The molecule has 0 saturated heterocycles. The van der Waals surface area contributed by atoms with Crippen molar-refractivity contribution in [2.24, 2.45) is 0 Å². The molecule has 2 nitrogen and oxygen atoms in total. The molecule has 0 aliphatic rings. The van der Waals surface area contributed by atoms with Gasteiger partial charge in [-0.05, 0) is 25.9 Å². The Morgan fingerprint density at radius 3 is 0.906 bits per heavy atom. The molecule has 0 amide bonds. The van der Waals surface area contributed by atoms with Crippen LogP contribution in [0.1, 0.15) is 163 Å². The number of hydrogen-bond acceptors (Lipinski definition) is 2. The molecule has 32 heavy (non-hydrogen) atoms. The van der Waals surface area contributed by atoms with Gasteiger partial charge in [-0.25, -0.2) is 0 Å². The zero-order valence-corrected chi connectivity index (χ0v) is 24.0. The summed E-state index contributed by atoms with van der Waals surface area (Å²) in [6.07, 6.45) is 30.3. The van der Waals surface area contributed by atoms with E-state index in [1.165, 1.54) is 141 Å². The topological polar surface area (TPSA) is 18.5 Å². The van der Waals surface area contributed by atoms with E-state index >= 15 is 0 Å². The van der Waals surface area contributed by atoms with Crippen molar-refractivity contribution in [3.63, 3.8) is 0 Å². The molecule has 0 rings (SSSR count). The number of rotatable bonds is 27. The normalized spacial score (nSPS) is 12.0. The van der Waals surface area contributed by atoms with Gasteiger partial charge in [-0.1, -0.05) is 149 Å². The van der Waals surface area contributed by atoms with E-state index in [2.05, 4.69) is 27.7 Å². The standard InChI is InChI=1S/C29H62O2Si/c1-5-9-10-11-12-13-14-15-16-17-18-19-20-21-22-23-24-25-26-27-28-29-32(8-4,30-6-2)31-7-3/h5-29H2,1-4H3. The lowest BCUT2D eigenvalue weighted by atomic mass is 10.0. The molecule has 0 radical (unpaired) electrons. The van der Waals surface area contributed by atoms with Gasteiger partial charge in [-0.15, -0.1) is 0 Å². The predicted octanol–water partition coefficient (Wildman–Crippen LogP) is 10.7. The van der Waals surface area contributed by atoms with Gasteiger partial charge >= 0.3 is 8.56 Å². The fourth-order valence-electron chi connectivity index (χ4n) is 4.92. The summed E-state index contributed by atoms with van der Waals surface area (Å²) in [6.45, 7) is 10.4. The molecule has 194 valence electrons. The van der Waals surface area contributed by atoms with Crippen molar-refractivity contribution in [2.75, 3.05) is 13.2 Å². The van der Waals surface area contributed by atoms with Gasteiger partial charge in [0.15, 0.2) is 0 Å². The van der Waals surface area contributed by atoms with Crippen molar-refractivity contribution in [1.29, 1.82) is 0 Å². The molecular weight excluding hydrogens is 408 g/mol. The average Bonchev–Trinajstić information content (AvgIpc) is 2.80. The van der Waals surface area contributed by atoms with Crippen molar-refractivity contribution < 1.29 is 8.85 Å². The molecule has 0 fully saturated rings. The van der Waals surface area contributed by atoms with Crippen LogP contribution in [-0.4, -0.2) is 21.8 Å². The summed E-state index contributed by atoms with van der Waals surface area (Å²) in [4.78, 5) is 0. The van der Waals surface area contributed by atoms with Gasteiger partial charge in [0.05, 0.1) is 0 Å². The van der Waals surface area contributed by atoms with Crippen LogP contribution in [0.15, 0.2) is 0 Å². The highest BCUT2D eigenvalue weighted by molar-refractivity contribution is 6.67. The Hall–Kier alpha value is 0.137. The molecule has 0 saturated carbocycles. The lowest BCUT2D eigenvalue weighted by molar-refractivity contribution is 0.182. The molecule has 0 aliphatic carbocycles. The summed E-state index contributed by atoms with van der Waals surface area (Å²) >= 11 is 0. The van der Waals surface area contributed by atoms with Gasteiger partial charge < -0.3 is 8.85 Å². The van der Waals surface area contributed by atoms with Crippen molar-refractivity contribution in [3.8, 4) is 0 Å². The van der Waals surface area contributed by atoms with Gasteiger partial charge in [0.1, 0.15) is 0 Å². The van der Waals surface area contributed by atoms with E-state index < -0.39 is 8.56 Å². The predicted molar refractivity (Wildman–Crippen MR) is 147 cm³/mol. The fourth-order valence-corrected chi connectivity index (χ4v) is 7.89. The highest BCUT2D eigenvalue weighted by Gasteiger charge is 2.33. The maximum Gasteiger partial charge on any atom is 0.337 e. The zero-order valence-electron chi connectivity index (χ0n) is 23.0. The first-order chi connectivity index (χ1) is 15.7. The summed E-state index contributed by atoms with van der Waals surface area (Å²) in [5.41, 5.74) is 0. The Bertz CT molecular complexity index is 342. The van der Waals surface area contributed by atoms with Crippen LogP contribution in [0.2, 0.25) is 12.1 Å². The first-order valence-corrected chi connectivity index (χ1v) is 17.3. The van der Waals surface area contributed by atoms with Crippen molar-refractivity contribution in [2.45, 2.75) is 175 Å². The first kappa shape index (κ1) is 32.1. The van der Waals surface area contributed by atoms with Gasteiger partial charge in [-0.3, -0.25) is 0 Å². The first-order valence-electron chi connectivity index (χ1n) is 15.0. The van der Waals surface area contributed by atoms with Crippen LogP contribution in [0.3, 0.4) is 0 Å². The fraction of sp³-hybridized carbons (Fsp3) is 1.00. The molecule has 0 heterocycles. The van der Waals surface area contributed by atoms with Crippen molar-refractivity contribution in [3.05, 3.63) is 0 Å². The van der Waals surface area contributed by atoms with Crippen LogP contribution in [-0.2, 0) is 8.85 Å². The minimum absolute atomic E-state index is 0.805. The highest BCUT2D eigenvalue weighted by Crippen LogP contribution is 2.23. The highest BCUT2D eigenvalue weighted by atomic mass is 28.4. The quantitative estimate of drug-likeness (QED) is 0.0877. The van der Waals surface area contributed by atoms with Crippen LogP contribution < -0.4 is 0 Å². The molecule has 0 bridgehead atoms. The Morgan fingerprint density at radius 1 is 0.375 bits per heavy atom. The lowest BCUT2D eigenvalue weighted by Gasteiger charge is -2.28. The van der Waals surface area contributed by atoms with E-state index in [9.17, 15) is 0 Å². The Labute approximate surface area is 205 Å². The smallest absolute Gasteiger partial charge is 0.337 e. The van der Waals surface area contributed by atoms with E-state index in [0.717, 1.165) is 19.3 Å². The molecule has 0 aromatic rings. The molecule has 0 spiro atoms. The summed E-state index contributed by atoms with van der Waals surface area (Å²) in [5, 5.41) is 0. The minimum Gasteiger partial charge on any atom is -0.394 e. The summed E-state index contributed by atoms with van der Waals surface area (Å²) in [5.74, 6) is 0. The van der Waals surface area contributed by atoms with Crippen LogP contribution in [0, 0.1) is 0 Å². The zero-order chi connectivity index (χ0) is 23.6. The summed E-state index contributed by atoms with van der Waals surface area (Å²) < 4.78 is 12.2. The van der Waals surface area contributed by atoms with Gasteiger partial charge in [0.2, 0.25) is 0 Å². The van der Waals surface area contributed by atoms with Crippen molar-refractivity contribution in [1.82, 2.24) is 0 Å². The van der Waals surface area contributed by atoms with Gasteiger partial charge in [-0.2, -0.15) is 0 Å². The average molecular weight is 471 g/mol. The maximum atomic E-state index is 6.08. The molecule has 0 aromatic heterocycles. The summed E-state index contributed by atoms with van der Waals surface area (Å²) in [6, 6.07) is 2.28. The second-order valence-electron chi connectivity index (χ2n) is 9.95. The lowest BCUT2D eigenvalue weighted by Crippen LogP contribution is -2.41. The monoisotopic (exact) mass is 470 g/mol. The third kappa shape index (κ3) is 20.7. The van der Waals surface area contributed by atoms with E-state index in [1.54, 1.807) is 0 Å². The molecule has 0 N–H and O–H groups in total. The molecule has 0 unspecified atom stereocenters. The van der Waals surface area contributed by atoms with Crippen LogP contribution in [0.25, 0.3) is 0 Å². The second kappa shape index (κ2) is 25.8. The second-order valence-corrected chi connectivity index (χ2v) is 13.6. The van der Waals surface area contributed by atoms with Gasteiger partial charge in [0, 0.05) is 13.2 Å². The summed E-state index contributed by atoms with van der Waals surface area (Å²) in [7, 11) is -1.88. The SMILES string of the molecule is CCCCCCCCCCCCCCCCCCCCCCC[Si](CC)(OCC)OCC. The van der Waals surface area contributed by atoms with Gasteiger partial charge in [0.25, 0.3) is 0 Å². The Morgan fingerprint density at radius 2 is 0.656 bits per heavy atom. The van der Waals surface area contributed by atoms with E-state index in [4.69, 9.17) is 8.85 Å². The van der Waals surface area contributed by atoms with E-state index in [-0.39, 0.29) is 0 Å². The molecular formula is C29H62O2Si. The Kier molecular flexibility index (Phi) is 25.9. The van der Waals surface area contributed by atoms with Crippen LogP contribution >= 0.6 is 0 Å². The van der Waals surface area contributed by atoms with E-state index in [0.29, 0.717) is 0 Å². The molecule has 0 aliphatic heterocycles. The maximum absolute atomic E-state index is 6.08. The third-order valence-corrected chi connectivity index (χ3v) is 10.8. The Balaban J connectivity index is 3.28. The number of hydrogen-bond donors (Lipinski definition) is 0. The third-order valence-electron chi connectivity index (χ3n) is 7.01. The van der Waals surface area contributed by atoms with E-state index in [1.807, 2.05) is 0 Å². The molecule has 0 atom stereocenters. The van der Waals surface area contributed by atoms with Crippen LogP contribution in [0.5, 0.6) is 0 Å². The van der Waals surface area contributed by atoms with Crippen LogP contribution in [0.4, 0.5) is 0 Å². The molecule has 0 aromatic carbocycles. The largest absolute Gasteiger partial charge is 0.394 e. The number of unbranched alkanes of at least 4 members (excludes halogenated alkanes) is 20. The van der Waals surface area contributed by atoms with Crippen molar-refractivity contribution >= 4 is 8.56 Å².